The first-order chi connectivity index (χ1) is 24.3. The van der Waals surface area contributed by atoms with E-state index in [0.717, 1.165) is 37.0 Å². The molecule has 5 atom stereocenters. The van der Waals surface area contributed by atoms with Crippen LogP contribution in [-0.4, -0.2) is 78.1 Å². The minimum atomic E-state index is -2.65. The molecule has 272 valence electrons. The van der Waals surface area contributed by atoms with Gasteiger partial charge in [0.1, 0.15) is 13.6 Å². The third-order valence-electron chi connectivity index (χ3n) is 10.1. The van der Waals surface area contributed by atoms with Gasteiger partial charge < -0.3 is 28.1 Å². The standard InChI is InChI=1S/C41H56O7SSi/c1-41(2,3)50(35-18-11-7-12-19-35,36-20-13-8-14-21-36)48-23-15-22-37-38(46-24-25-49(42)34-16-9-6-10-17-34)28-33-26-32(29-45-30-43-4)27-39(40(33)37)47-31-44-5/h6-14,16-21,32-33,38-39H,15,22-31H2,1-5H3/t32?,33?,38-,39?,49?/m0/s1. The Bertz CT molecular complexity index is 1460. The summed E-state index contributed by atoms with van der Waals surface area (Å²) in [6.07, 6.45) is 4.38. The Morgan fingerprint density at radius 1 is 0.740 bits per heavy atom. The van der Waals surface area contributed by atoms with E-state index in [4.69, 9.17) is 28.1 Å². The van der Waals surface area contributed by atoms with Crippen molar-refractivity contribution in [1.82, 2.24) is 0 Å². The Morgan fingerprint density at radius 3 is 1.96 bits per heavy atom. The van der Waals surface area contributed by atoms with Gasteiger partial charge in [0.05, 0.1) is 42.0 Å². The van der Waals surface area contributed by atoms with Crippen LogP contribution < -0.4 is 10.4 Å². The van der Waals surface area contributed by atoms with E-state index in [1.165, 1.54) is 21.5 Å². The molecule has 0 spiro atoms. The van der Waals surface area contributed by atoms with Crippen molar-refractivity contribution < 1.29 is 32.3 Å². The van der Waals surface area contributed by atoms with E-state index in [1.54, 1.807) is 14.2 Å². The summed E-state index contributed by atoms with van der Waals surface area (Å²) in [4.78, 5) is 0.835. The Kier molecular flexibility index (Phi) is 14.6. The molecule has 0 heterocycles. The molecule has 2 aliphatic carbocycles. The molecule has 9 heteroatoms. The van der Waals surface area contributed by atoms with Crippen LogP contribution in [0.1, 0.15) is 52.9 Å². The molecule has 7 nitrogen and oxygen atoms in total. The maximum Gasteiger partial charge on any atom is 0.261 e. The molecule has 0 bridgehead atoms. The normalized spacial score (nSPS) is 21.7. The lowest BCUT2D eigenvalue weighted by molar-refractivity contribution is -0.0893. The van der Waals surface area contributed by atoms with E-state index in [1.807, 2.05) is 30.3 Å². The molecule has 2 aliphatic rings. The van der Waals surface area contributed by atoms with Gasteiger partial charge in [-0.1, -0.05) is 99.6 Å². The molecule has 1 fully saturated rings. The number of ether oxygens (including phenoxy) is 5. The number of methoxy groups -OCH3 is 2. The van der Waals surface area contributed by atoms with Gasteiger partial charge in [-0.2, -0.15) is 0 Å². The van der Waals surface area contributed by atoms with E-state index in [0.29, 0.717) is 37.4 Å². The smallest absolute Gasteiger partial charge is 0.261 e. The van der Waals surface area contributed by atoms with Crippen molar-refractivity contribution in [3.05, 3.63) is 102 Å². The summed E-state index contributed by atoms with van der Waals surface area (Å²) >= 11 is 0. The van der Waals surface area contributed by atoms with Crippen molar-refractivity contribution in [2.75, 3.05) is 53.4 Å². The second-order valence-corrected chi connectivity index (χ2v) is 20.3. The molecule has 0 saturated heterocycles. The molecular weight excluding hydrogens is 665 g/mol. The maximum atomic E-state index is 13.1. The molecule has 3 aromatic carbocycles. The zero-order chi connectivity index (χ0) is 35.4. The van der Waals surface area contributed by atoms with Gasteiger partial charge in [-0.25, -0.2) is 0 Å². The van der Waals surface area contributed by atoms with Gasteiger partial charge in [-0.05, 0) is 82.6 Å². The molecule has 4 unspecified atom stereocenters. The van der Waals surface area contributed by atoms with Crippen LogP contribution in [0.4, 0.5) is 0 Å². The van der Waals surface area contributed by atoms with Crippen molar-refractivity contribution in [2.24, 2.45) is 11.8 Å². The molecule has 0 aliphatic heterocycles. The summed E-state index contributed by atoms with van der Waals surface area (Å²) in [5, 5.41) is 2.49. The molecule has 0 amide bonds. The summed E-state index contributed by atoms with van der Waals surface area (Å²) in [6.45, 7) is 9.18. The maximum absolute atomic E-state index is 13.1. The number of benzene rings is 3. The fourth-order valence-electron chi connectivity index (χ4n) is 8.02. The van der Waals surface area contributed by atoms with Gasteiger partial charge in [0.2, 0.25) is 0 Å². The van der Waals surface area contributed by atoms with Crippen molar-refractivity contribution in [2.45, 2.75) is 75.0 Å². The summed E-state index contributed by atoms with van der Waals surface area (Å²) in [7, 11) is -0.436. The molecule has 3 aromatic rings. The van der Waals surface area contributed by atoms with E-state index < -0.39 is 19.1 Å². The number of hydrogen-bond acceptors (Lipinski definition) is 7. The van der Waals surface area contributed by atoms with Crippen molar-refractivity contribution >= 4 is 29.5 Å². The quantitative estimate of drug-likeness (QED) is 0.0580. The summed E-state index contributed by atoms with van der Waals surface area (Å²) in [5.41, 5.74) is 2.69. The Balaban J connectivity index is 1.37. The minimum absolute atomic E-state index is 0.0528. The predicted molar refractivity (Wildman–Crippen MR) is 203 cm³/mol. The van der Waals surface area contributed by atoms with Gasteiger partial charge in [-0.15, -0.1) is 0 Å². The predicted octanol–water partition coefficient (Wildman–Crippen LogP) is 6.87. The molecule has 1 saturated carbocycles. The van der Waals surface area contributed by atoms with Gasteiger partial charge in [0, 0.05) is 25.7 Å². The molecular formula is C41H56O7SSi. The Hall–Kier alpha value is -2.47. The van der Waals surface area contributed by atoms with Crippen LogP contribution in [0.3, 0.4) is 0 Å². The van der Waals surface area contributed by atoms with Gasteiger partial charge in [-0.3, -0.25) is 4.21 Å². The van der Waals surface area contributed by atoms with Crippen LogP contribution in [0.15, 0.2) is 107 Å². The van der Waals surface area contributed by atoms with Gasteiger partial charge in [0.15, 0.2) is 0 Å². The van der Waals surface area contributed by atoms with Crippen LogP contribution in [0, 0.1) is 11.8 Å². The lowest BCUT2D eigenvalue weighted by atomic mass is 9.76. The highest BCUT2D eigenvalue weighted by Crippen LogP contribution is 2.48. The minimum Gasteiger partial charge on any atom is -0.407 e. The molecule has 0 radical (unpaired) electrons. The lowest BCUT2D eigenvalue weighted by Gasteiger charge is -2.43. The number of fused-ring (bicyclic) bond motifs is 1. The average Bonchev–Trinajstić information content (AvgIpc) is 3.48. The van der Waals surface area contributed by atoms with E-state index in [9.17, 15) is 4.21 Å². The number of hydrogen-bond donors (Lipinski definition) is 0. The van der Waals surface area contributed by atoms with Gasteiger partial charge >= 0.3 is 0 Å². The highest BCUT2D eigenvalue weighted by Gasteiger charge is 2.50. The zero-order valence-corrected chi connectivity index (χ0v) is 32.3. The second-order valence-electron chi connectivity index (χ2n) is 14.4. The Labute approximate surface area is 303 Å². The van der Waals surface area contributed by atoms with Crippen LogP contribution >= 0.6 is 0 Å². The van der Waals surface area contributed by atoms with Crippen LogP contribution in [0.5, 0.6) is 0 Å². The third-order valence-corrected chi connectivity index (χ3v) is 16.4. The van der Waals surface area contributed by atoms with E-state index >= 15 is 0 Å². The molecule has 50 heavy (non-hydrogen) atoms. The summed E-state index contributed by atoms with van der Waals surface area (Å²) in [6, 6.07) is 31.3. The van der Waals surface area contributed by atoms with Crippen LogP contribution in [0.2, 0.25) is 5.04 Å². The van der Waals surface area contributed by atoms with E-state index in [-0.39, 0.29) is 30.8 Å². The average molecular weight is 721 g/mol. The number of rotatable bonds is 19. The monoisotopic (exact) mass is 720 g/mol. The van der Waals surface area contributed by atoms with Crippen molar-refractivity contribution in [3.63, 3.8) is 0 Å². The third kappa shape index (κ3) is 9.49. The van der Waals surface area contributed by atoms with Crippen LogP contribution in [-0.2, 0) is 38.9 Å². The fraction of sp³-hybridized carbons (Fsp3) is 0.512. The first kappa shape index (κ1) is 38.8. The summed E-state index contributed by atoms with van der Waals surface area (Å²) < 4.78 is 49.8. The molecule has 5 rings (SSSR count). The summed E-state index contributed by atoms with van der Waals surface area (Å²) in [5.74, 6) is 1.14. The zero-order valence-electron chi connectivity index (χ0n) is 30.5. The van der Waals surface area contributed by atoms with Gasteiger partial charge in [0.25, 0.3) is 8.32 Å². The fourth-order valence-corrected chi connectivity index (χ4v) is 13.6. The Morgan fingerprint density at radius 2 is 1.36 bits per heavy atom. The van der Waals surface area contributed by atoms with Crippen molar-refractivity contribution in [3.8, 4) is 0 Å². The first-order valence-electron chi connectivity index (χ1n) is 18.0. The lowest BCUT2D eigenvalue weighted by Crippen LogP contribution is -2.66. The molecule has 0 N–H and O–H groups in total. The van der Waals surface area contributed by atoms with E-state index in [2.05, 4.69) is 81.4 Å². The highest BCUT2D eigenvalue weighted by molar-refractivity contribution is 7.85. The van der Waals surface area contributed by atoms with Crippen molar-refractivity contribution in [1.29, 1.82) is 0 Å². The first-order valence-corrected chi connectivity index (χ1v) is 21.2. The molecule has 0 aromatic heterocycles. The van der Waals surface area contributed by atoms with Crippen LogP contribution in [0.25, 0.3) is 0 Å². The topological polar surface area (TPSA) is 72.5 Å². The second kappa shape index (κ2) is 18.8. The largest absolute Gasteiger partial charge is 0.407 e. The highest BCUT2D eigenvalue weighted by atomic mass is 32.2. The SMILES string of the molecule is COCOCC1CC2C[C@H](OCCS(=O)c3ccccc3)C(CCCO[Si](c3ccccc3)(c3ccccc3)C(C)(C)C)=C2C(OCOC)C1.